The van der Waals surface area contributed by atoms with Crippen LogP contribution in [0.15, 0.2) is 18.2 Å². The van der Waals surface area contributed by atoms with Crippen LogP contribution in [0.5, 0.6) is 11.5 Å². The Morgan fingerprint density at radius 1 is 1.43 bits per heavy atom. The van der Waals surface area contributed by atoms with Crippen LogP contribution in [0, 0.1) is 5.92 Å². The van der Waals surface area contributed by atoms with Gasteiger partial charge in [-0.25, -0.2) is 0 Å². The van der Waals surface area contributed by atoms with E-state index in [4.69, 9.17) is 14.2 Å². The van der Waals surface area contributed by atoms with Crippen molar-refractivity contribution in [2.75, 3.05) is 14.2 Å². The summed E-state index contributed by atoms with van der Waals surface area (Å²) < 4.78 is 16.0. The lowest BCUT2D eigenvalue weighted by atomic mass is 9.74. The summed E-state index contributed by atoms with van der Waals surface area (Å²) in [5.74, 6) is -0.881. The number of esters is 1. The minimum Gasteiger partial charge on any atom is -0.493 e. The molecule has 1 aromatic carbocycles. The largest absolute Gasteiger partial charge is 0.493 e. The summed E-state index contributed by atoms with van der Waals surface area (Å²) in [6, 6.07) is 5.47. The second-order valence-corrected chi connectivity index (χ2v) is 5.51. The molecule has 2 aliphatic heterocycles. The molecule has 3 rings (SSSR count). The van der Waals surface area contributed by atoms with E-state index in [1.807, 2.05) is 12.1 Å². The number of fused-ring (bicyclic) bond motifs is 4. The third-order valence-electron chi connectivity index (χ3n) is 4.09. The van der Waals surface area contributed by atoms with Gasteiger partial charge in [-0.1, -0.05) is 12.1 Å². The molecule has 0 saturated carbocycles. The molecule has 6 heteroatoms. The quantitative estimate of drug-likeness (QED) is 0.654. The molecule has 2 aliphatic rings. The third-order valence-corrected chi connectivity index (χ3v) is 4.09. The van der Waals surface area contributed by atoms with Gasteiger partial charge in [0.05, 0.1) is 14.2 Å². The first-order valence-corrected chi connectivity index (χ1v) is 6.75. The number of benzene rings is 1. The van der Waals surface area contributed by atoms with Crippen LogP contribution in [0.2, 0.25) is 0 Å². The van der Waals surface area contributed by atoms with Gasteiger partial charge in [0.2, 0.25) is 5.91 Å². The van der Waals surface area contributed by atoms with E-state index in [9.17, 15) is 9.59 Å². The van der Waals surface area contributed by atoms with Gasteiger partial charge in [-0.15, -0.1) is 0 Å². The fraction of sp³-hybridized carbons (Fsp3) is 0.467. The molecule has 1 N–H and O–H groups in total. The molecule has 1 saturated heterocycles. The first-order valence-electron chi connectivity index (χ1n) is 6.75. The highest BCUT2D eigenvalue weighted by atomic mass is 16.5. The van der Waals surface area contributed by atoms with Crippen molar-refractivity contribution in [2.24, 2.45) is 5.92 Å². The number of methoxy groups -OCH3 is 2. The standard InChI is InChI=1S/C15H17NO5/c1-15-7-9(11(13(17)16-15)14(18)20-3)8-5-4-6-10(19-2)12(8)21-15/h4-6,9,11H,7H2,1-3H3,(H,16,17)/t9-,11-,15-/m0/s1. The SMILES string of the molecule is COC(=O)[C@@H]1C(=O)N[C@]2(C)C[C@H]1c1cccc(OC)c1O2. The van der Waals surface area contributed by atoms with Crippen LogP contribution < -0.4 is 14.8 Å². The van der Waals surface area contributed by atoms with Gasteiger partial charge in [0.15, 0.2) is 17.2 Å². The Balaban J connectivity index is 2.14. The Kier molecular flexibility index (Phi) is 3.04. The fourth-order valence-electron chi connectivity index (χ4n) is 3.18. The Morgan fingerprint density at radius 2 is 2.19 bits per heavy atom. The summed E-state index contributed by atoms with van der Waals surface area (Å²) in [6.45, 7) is 1.79. The molecule has 2 heterocycles. The van der Waals surface area contributed by atoms with Gasteiger partial charge in [0.25, 0.3) is 0 Å². The molecule has 0 aliphatic carbocycles. The zero-order valence-corrected chi connectivity index (χ0v) is 12.1. The highest BCUT2D eigenvalue weighted by Gasteiger charge is 2.52. The lowest BCUT2D eigenvalue weighted by molar-refractivity contribution is -0.158. The van der Waals surface area contributed by atoms with Gasteiger partial charge in [-0.3, -0.25) is 9.59 Å². The molecule has 21 heavy (non-hydrogen) atoms. The Labute approximate surface area is 122 Å². The number of ether oxygens (including phenoxy) is 3. The van der Waals surface area contributed by atoms with Crippen LogP contribution >= 0.6 is 0 Å². The number of rotatable bonds is 2. The smallest absolute Gasteiger partial charge is 0.318 e. The van der Waals surface area contributed by atoms with Crippen molar-refractivity contribution in [3.63, 3.8) is 0 Å². The van der Waals surface area contributed by atoms with Crippen LogP contribution in [-0.2, 0) is 14.3 Å². The number of hydrogen-bond acceptors (Lipinski definition) is 5. The predicted molar refractivity (Wildman–Crippen MR) is 73.0 cm³/mol. The van der Waals surface area contributed by atoms with Gasteiger partial charge < -0.3 is 19.5 Å². The van der Waals surface area contributed by atoms with E-state index >= 15 is 0 Å². The van der Waals surface area contributed by atoms with E-state index in [1.165, 1.54) is 7.11 Å². The number of hydrogen-bond donors (Lipinski definition) is 1. The van der Waals surface area contributed by atoms with Crippen LogP contribution in [0.3, 0.4) is 0 Å². The molecule has 0 aromatic heterocycles. The Hall–Kier alpha value is -2.24. The van der Waals surface area contributed by atoms with Gasteiger partial charge in [0.1, 0.15) is 5.92 Å². The molecule has 6 nitrogen and oxygen atoms in total. The second kappa shape index (κ2) is 4.65. The molecule has 1 fully saturated rings. The highest BCUT2D eigenvalue weighted by molar-refractivity contribution is 6.00. The van der Waals surface area contributed by atoms with Crippen LogP contribution in [0.1, 0.15) is 24.8 Å². The Bertz CT molecular complexity index is 614. The van der Waals surface area contributed by atoms with Crippen LogP contribution in [-0.4, -0.2) is 31.8 Å². The van der Waals surface area contributed by atoms with Crippen molar-refractivity contribution in [1.82, 2.24) is 5.32 Å². The molecule has 1 amide bonds. The fourth-order valence-corrected chi connectivity index (χ4v) is 3.18. The van der Waals surface area contributed by atoms with Crippen LogP contribution in [0.4, 0.5) is 0 Å². The zero-order chi connectivity index (χ0) is 15.2. The van der Waals surface area contributed by atoms with E-state index in [2.05, 4.69) is 5.32 Å². The lowest BCUT2D eigenvalue weighted by Crippen LogP contribution is -2.62. The summed E-state index contributed by atoms with van der Waals surface area (Å²) in [4.78, 5) is 24.2. The van der Waals surface area contributed by atoms with Crippen molar-refractivity contribution in [2.45, 2.75) is 25.0 Å². The van der Waals surface area contributed by atoms with E-state index in [0.717, 1.165) is 5.56 Å². The van der Waals surface area contributed by atoms with E-state index in [0.29, 0.717) is 17.9 Å². The van der Waals surface area contributed by atoms with Crippen LogP contribution in [0.25, 0.3) is 0 Å². The maximum Gasteiger partial charge on any atom is 0.318 e. The maximum absolute atomic E-state index is 12.3. The van der Waals surface area contributed by atoms with Crippen molar-refractivity contribution < 1.29 is 23.8 Å². The normalized spacial score (nSPS) is 29.8. The van der Waals surface area contributed by atoms with E-state index < -0.39 is 17.6 Å². The maximum atomic E-state index is 12.3. The first kappa shape index (κ1) is 13.7. The summed E-state index contributed by atoms with van der Waals surface area (Å²) >= 11 is 0. The molecule has 0 spiro atoms. The van der Waals surface area contributed by atoms with E-state index in [-0.39, 0.29) is 11.8 Å². The first-order chi connectivity index (χ1) is 9.99. The monoisotopic (exact) mass is 291 g/mol. The highest BCUT2D eigenvalue weighted by Crippen LogP contribution is 2.50. The van der Waals surface area contributed by atoms with Gasteiger partial charge in [-0.05, 0) is 13.0 Å². The average molecular weight is 291 g/mol. The third kappa shape index (κ3) is 2.02. The number of nitrogens with one attached hydrogen (secondary N) is 1. The molecular formula is C15H17NO5. The lowest BCUT2D eigenvalue weighted by Gasteiger charge is -2.46. The van der Waals surface area contributed by atoms with Crippen molar-refractivity contribution in [1.29, 1.82) is 0 Å². The number of para-hydroxylation sites is 1. The molecule has 1 aromatic rings. The average Bonchev–Trinajstić information content (AvgIpc) is 2.45. The summed E-state index contributed by atoms with van der Waals surface area (Å²) in [7, 11) is 2.84. The van der Waals surface area contributed by atoms with Gasteiger partial charge in [0, 0.05) is 17.9 Å². The molecule has 112 valence electrons. The molecule has 3 atom stereocenters. The second-order valence-electron chi connectivity index (χ2n) is 5.51. The number of amides is 1. The number of carbonyl (C=O) groups excluding carboxylic acids is 2. The van der Waals surface area contributed by atoms with Crippen molar-refractivity contribution in [3.8, 4) is 11.5 Å². The van der Waals surface area contributed by atoms with Crippen molar-refractivity contribution in [3.05, 3.63) is 23.8 Å². The number of piperidine rings is 1. The topological polar surface area (TPSA) is 73.9 Å². The summed E-state index contributed by atoms with van der Waals surface area (Å²) in [5, 5.41) is 2.76. The summed E-state index contributed by atoms with van der Waals surface area (Å²) in [5.41, 5.74) is -0.0365. The summed E-state index contributed by atoms with van der Waals surface area (Å²) in [6.07, 6.45) is 0.513. The zero-order valence-electron chi connectivity index (χ0n) is 12.1. The molecule has 2 bridgehead atoms. The molecule has 0 unspecified atom stereocenters. The van der Waals surface area contributed by atoms with Gasteiger partial charge in [-0.2, -0.15) is 0 Å². The van der Waals surface area contributed by atoms with Gasteiger partial charge >= 0.3 is 5.97 Å². The predicted octanol–water partition coefficient (Wildman–Crippen LogP) is 1.20. The molecular weight excluding hydrogens is 274 g/mol. The minimum atomic E-state index is -0.863. The molecule has 0 radical (unpaired) electrons. The minimum absolute atomic E-state index is 0.282. The number of carbonyl (C=O) groups is 2. The van der Waals surface area contributed by atoms with E-state index in [1.54, 1.807) is 20.1 Å². The Morgan fingerprint density at radius 3 is 2.86 bits per heavy atom. The van der Waals surface area contributed by atoms with Crippen molar-refractivity contribution >= 4 is 11.9 Å².